The van der Waals surface area contributed by atoms with Gasteiger partial charge in [-0.15, -0.1) is 0 Å². The molecule has 14 heavy (non-hydrogen) atoms. The minimum atomic E-state index is -0.0995. The summed E-state index contributed by atoms with van der Waals surface area (Å²) in [6.07, 6.45) is 1.91. The standard InChI is InChI=1S/C10H22N2O2/c1-4-6-11-9(2)10(13)12-7-5-8-14-3/h9,11H,4-8H2,1-3H3,(H,12,13). The number of carbonyl (C=O) groups excluding carboxylic acids is 1. The third kappa shape index (κ3) is 6.86. The van der Waals surface area contributed by atoms with Crippen molar-refractivity contribution >= 4 is 5.91 Å². The number of nitrogens with one attached hydrogen (secondary N) is 2. The molecule has 0 aromatic carbocycles. The molecule has 0 aliphatic rings. The molecule has 0 spiro atoms. The van der Waals surface area contributed by atoms with Crippen molar-refractivity contribution in [1.29, 1.82) is 0 Å². The van der Waals surface area contributed by atoms with Crippen molar-refractivity contribution in [2.75, 3.05) is 26.8 Å². The highest BCUT2D eigenvalue weighted by Crippen LogP contribution is 1.84. The van der Waals surface area contributed by atoms with Crippen molar-refractivity contribution in [3.8, 4) is 0 Å². The predicted molar refractivity (Wildman–Crippen MR) is 57.3 cm³/mol. The summed E-state index contributed by atoms with van der Waals surface area (Å²) in [5, 5.41) is 5.97. The molecule has 0 rings (SSSR count). The van der Waals surface area contributed by atoms with E-state index in [1.807, 2.05) is 6.92 Å². The van der Waals surface area contributed by atoms with Crippen LogP contribution in [0.3, 0.4) is 0 Å². The van der Waals surface area contributed by atoms with E-state index < -0.39 is 0 Å². The molecule has 4 heteroatoms. The van der Waals surface area contributed by atoms with Crippen LogP contribution >= 0.6 is 0 Å². The Morgan fingerprint density at radius 1 is 1.43 bits per heavy atom. The number of hydrogen-bond donors (Lipinski definition) is 2. The fourth-order valence-corrected chi connectivity index (χ4v) is 1.03. The summed E-state index contributed by atoms with van der Waals surface area (Å²) in [5.74, 6) is 0.0644. The number of amides is 1. The first-order valence-corrected chi connectivity index (χ1v) is 5.22. The fraction of sp³-hybridized carbons (Fsp3) is 0.900. The van der Waals surface area contributed by atoms with Gasteiger partial charge in [-0.2, -0.15) is 0 Å². The molecule has 0 saturated heterocycles. The van der Waals surface area contributed by atoms with E-state index in [9.17, 15) is 4.79 Å². The third-order valence-corrected chi connectivity index (χ3v) is 1.92. The van der Waals surface area contributed by atoms with E-state index in [1.165, 1.54) is 0 Å². The van der Waals surface area contributed by atoms with Gasteiger partial charge in [0.05, 0.1) is 6.04 Å². The van der Waals surface area contributed by atoms with Gasteiger partial charge in [0.2, 0.25) is 5.91 Å². The smallest absolute Gasteiger partial charge is 0.236 e. The molecule has 1 unspecified atom stereocenters. The molecule has 0 radical (unpaired) electrons. The maximum atomic E-state index is 11.4. The van der Waals surface area contributed by atoms with Crippen molar-refractivity contribution in [3.05, 3.63) is 0 Å². The first kappa shape index (κ1) is 13.4. The predicted octanol–water partition coefficient (Wildman–Crippen LogP) is 0.527. The molecule has 0 aliphatic heterocycles. The van der Waals surface area contributed by atoms with Crippen LogP contribution in [0.4, 0.5) is 0 Å². The molecule has 2 N–H and O–H groups in total. The molecular weight excluding hydrogens is 180 g/mol. The van der Waals surface area contributed by atoms with Crippen molar-refractivity contribution in [2.45, 2.75) is 32.7 Å². The summed E-state index contributed by atoms with van der Waals surface area (Å²) in [6, 6.07) is -0.0995. The van der Waals surface area contributed by atoms with Gasteiger partial charge in [0.1, 0.15) is 0 Å². The van der Waals surface area contributed by atoms with Gasteiger partial charge in [0.15, 0.2) is 0 Å². The molecule has 0 aromatic heterocycles. The Labute approximate surface area is 86.4 Å². The van der Waals surface area contributed by atoms with Gasteiger partial charge in [-0.3, -0.25) is 4.79 Å². The number of rotatable bonds is 8. The van der Waals surface area contributed by atoms with Crippen LogP contribution in [-0.2, 0) is 9.53 Å². The zero-order valence-corrected chi connectivity index (χ0v) is 9.43. The Morgan fingerprint density at radius 3 is 2.71 bits per heavy atom. The number of carbonyl (C=O) groups is 1. The Bertz CT molecular complexity index is 151. The quantitative estimate of drug-likeness (QED) is 0.564. The largest absolute Gasteiger partial charge is 0.385 e. The Kier molecular flexibility index (Phi) is 8.57. The van der Waals surface area contributed by atoms with Crippen molar-refractivity contribution in [3.63, 3.8) is 0 Å². The van der Waals surface area contributed by atoms with Crippen LogP contribution in [0.25, 0.3) is 0 Å². The van der Waals surface area contributed by atoms with Crippen LogP contribution in [0.2, 0.25) is 0 Å². The lowest BCUT2D eigenvalue weighted by molar-refractivity contribution is -0.122. The lowest BCUT2D eigenvalue weighted by atomic mass is 10.3. The molecule has 0 aromatic rings. The molecule has 1 atom stereocenters. The summed E-state index contributed by atoms with van der Waals surface area (Å²) in [6.45, 7) is 6.21. The van der Waals surface area contributed by atoms with E-state index in [4.69, 9.17) is 4.74 Å². The highest BCUT2D eigenvalue weighted by Gasteiger charge is 2.09. The minimum Gasteiger partial charge on any atom is -0.385 e. The Morgan fingerprint density at radius 2 is 2.14 bits per heavy atom. The van der Waals surface area contributed by atoms with Gasteiger partial charge in [-0.1, -0.05) is 6.92 Å². The molecule has 0 heterocycles. The maximum absolute atomic E-state index is 11.4. The van der Waals surface area contributed by atoms with Gasteiger partial charge in [0.25, 0.3) is 0 Å². The topological polar surface area (TPSA) is 50.4 Å². The first-order valence-electron chi connectivity index (χ1n) is 5.22. The van der Waals surface area contributed by atoms with Crippen LogP contribution in [0.15, 0.2) is 0 Å². The summed E-state index contributed by atoms with van der Waals surface area (Å²) in [7, 11) is 1.66. The van der Waals surface area contributed by atoms with Gasteiger partial charge >= 0.3 is 0 Å². The summed E-state index contributed by atoms with van der Waals surface area (Å²) >= 11 is 0. The van der Waals surface area contributed by atoms with Crippen LogP contribution in [0.1, 0.15) is 26.7 Å². The molecular formula is C10H22N2O2. The van der Waals surface area contributed by atoms with E-state index >= 15 is 0 Å². The lowest BCUT2D eigenvalue weighted by Gasteiger charge is -2.13. The average Bonchev–Trinajstić information content (AvgIpc) is 2.20. The van der Waals surface area contributed by atoms with E-state index in [2.05, 4.69) is 17.6 Å². The molecule has 0 saturated carbocycles. The summed E-state index contributed by atoms with van der Waals surface area (Å²) in [5.41, 5.74) is 0. The SMILES string of the molecule is CCCNC(C)C(=O)NCCCOC. The summed E-state index contributed by atoms with van der Waals surface area (Å²) in [4.78, 5) is 11.4. The Balaban J connectivity index is 3.42. The highest BCUT2D eigenvalue weighted by atomic mass is 16.5. The number of hydrogen-bond acceptors (Lipinski definition) is 3. The molecule has 84 valence electrons. The van der Waals surface area contributed by atoms with E-state index in [0.717, 1.165) is 19.4 Å². The maximum Gasteiger partial charge on any atom is 0.236 e. The molecule has 0 bridgehead atoms. The van der Waals surface area contributed by atoms with Crippen LogP contribution in [0, 0.1) is 0 Å². The Hall–Kier alpha value is -0.610. The zero-order valence-electron chi connectivity index (χ0n) is 9.43. The molecule has 1 amide bonds. The first-order chi connectivity index (χ1) is 6.72. The molecule has 0 aliphatic carbocycles. The minimum absolute atomic E-state index is 0.0644. The second-order valence-corrected chi connectivity index (χ2v) is 3.31. The van der Waals surface area contributed by atoms with E-state index in [0.29, 0.717) is 13.2 Å². The second-order valence-electron chi connectivity index (χ2n) is 3.31. The second kappa shape index (κ2) is 8.97. The van der Waals surface area contributed by atoms with Gasteiger partial charge in [-0.05, 0) is 26.3 Å². The zero-order chi connectivity index (χ0) is 10.8. The number of ether oxygens (including phenoxy) is 1. The van der Waals surface area contributed by atoms with Crippen molar-refractivity contribution in [2.24, 2.45) is 0 Å². The van der Waals surface area contributed by atoms with Crippen LogP contribution in [0.5, 0.6) is 0 Å². The number of methoxy groups -OCH3 is 1. The average molecular weight is 202 g/mol. The van der Waals surface area contributed by atoms with Crippen molar-refractivity contribution < 1.29 is 9.53 Å². The monoisotopic (exact) mass is 202 g/mol. The van der Waals surface area contributed by atoms with Crippen LogP contribution < -0.4 is 10.6 Å². The normalized spacial score (nSPS) is 12.5. The highest BCUT2D eigenvalue weighted by molar-refractivity contribution is 5.81. The van der Waals surface area contributed by atoms with E-state index in [-0.39, 0.29) is 11.9 Å². The van der Waals surface area contributed by atoms with Crippen molar-refractivity contribution in [1.82, 2.24) is 10.6 Å². The molecule has 0 fully saturated rings. The van der Waals surface area contributed by atoms with Gasteiger partial charge in [-0.25, -0.2) is 0 Å². The molecule has 4 nitrogen and oxygen atoms in total. The van der Waals surface area contributed by atoms with Crippen LogP contribution in [-0.4, -0.2) is 38.8 Å². The lowest BCUT2D eigenvalue weighted by Crippen LogP contribution is -2.42. The van der Waals surface area contributed by atoms with Gasteiger partial charge < -0.3 is 15.4 Å². The fourth-order valence-electron chi connectivity index (χ4n) is 1.03. The summed E-state index contributed by atoms with van der Waals surface area (Å²) < 4.78 is 4.88. The van der Waals surface area contributed by atoms with Gasteiger partial charge in [0, 0.05) is 20.3 Å². The third-order valence-electron chi connectivity index (χ3n) is 1.92. The van der Waals surface area contributed by atoms with E-state index in [1.54, 1.807) is 7.11 Å².